The Balaban J connectivity index is 1.66. The number of H-pyrrole nitrogens is 1. The molecule has 0 bridgehead atoms. The Hall–Kier alpha value is -3.41. The smallest absolute Gasteiger partial charge is 0.272 e. The molecule has 3 rings (SSSR count). The Bertz CT molecular complexity index is 1030. The molecule has 6 heteroatoms. The maximum absolute atomic E-state index is 12.7. The van der Waals surface area contributed by atoms with E-state index >= 15 is 0 Å². The van der Waals surface area contributed by atoms with Crippen LogP contribution in [0.4, 0.5) is 5.69 Å². The van der Waals surface area contributed by atoms with E-state index in [1.165, 1.54) is 4.90 Å². The first kappa shape index (κ1) is 20.3. The van der Waals surface area contributed by atoms with Gasteiger partial charge in [-0.2, -0.15) is 5.10 Å². The highest BCUT2D eigenvalue weighted by Crippen LogP contribution is 2.22. The van der Waals surface area contributed by atoms with E-state index in [-0.39, 0.29) is 18.4 Å². The molecule has 0 aliphatic rings. The molecule has 2 aromatic carbocycles. The van der Waals surface area contributed by atoms with Crippen molar-refractivity contribution in [1.82, 2.24) is 15.1 Å². The molecule has 0 unspecified atom stereocenters. The summed E-state index contributed by atoms with van der Waals surface area (Å²) < 4.78 is 0. The average molecular weight is 390 g/mol. The normalized spacial score (nSPS) is 10.7. The minimum absolute atomic E-state index is 0.0511. The van der Waals surface area contributed by atoms with Crippen molar-refractivity contribution in [1.29, 1.82) is 0 Å². The molecule has 0 saturated heterocycles. The van der Waals surface area contributed by atoms with Crippen LogP contribution in [0.15, 0.2) is 42.5 Å². The molecule has 2 amide bonds. The number of aromatic nitrogens is 2. The van der Waals surface area contributed by atoms with E-state index in [4.69, 9.17) is 0 Å². The van der Waals surface area contributed by atoms with Crippen LogP contribution < -0.4 is 5.32 Å². The van der Waals surface area contributed by atoms with E-state index < -0.39 is 0 Å². The lowest BCUT2D eigenvalue weighted by atomic mass is 10.1. The maximum atomic E-state index is 12.7. The van der Waals surface area contributed by atoms with Crippen molar-refractivity contribution in [2.24, 2.45) is 0 Å². The van der Waals surface area contributed by atoms with Gasteiger partial charge >= 0.3 is 0 Å². The number of anilines is 1. The Labute approximate surface area is 170 Å². The molecule has 29 heavy (non-hydrogen) atoms. The SMILES string of the molecule is Cc1ccc(-c2cc(C(=O)N(C)CC(=O)Nc3c(C)cc(C)cc3C)[nH]n2)cc1. The van der Waals surface area contributed by atoms with Gasteiger partial charge in [-0.15, -0.1) is 0 Å². The van der Waals surface area contributed by atoms with Gasteiger partial charge in [-0.1, -0.05) is 47.5 Å². The zero-order valence-corrected chi connectivity index (χ0v) is 17.5. The van der Waals surface area contributed by atoms with Gasteiger partial charge in [0.2, 0.25) is 5.91 Å². The standard InChI is InChI=1S/C23H26N4O2/c1-14-6-8-18(9-7-14)19-12-20(26-25-19)23(29)27(5)13-21(28)24-22-16(3)10-15(2)11-17(22)4/h6-12H,13H2,1-5H3,(H,24,28)(H,25,26). The van der Waals surface area contributed by atoms with Crippen LogP contribution in [0.3, 0.4) is 0 Å². The van der Waals surface area contributed by atoms with Crippen LogP contribution in [0.25, 0.3) is 11.3 Å². The summed E-state index contributed by atoms with van der Waals surface area (Å²) in [5, 5.41) is 9.92. The number of aromatic amines is 1. The fraction of sp³-hybridized carbons (Fsp3) is 0.261. The van der Waals surface area contributed by atoms with E-state index in [1.807, 2.05) is 64.1 Å². The molecular formula is C23H26N4O2. The number of hydrogen-bond acceptors (Lipinski definition) is 3. The van der Waals surface area contributed by atoms with Crippen molar-refractivity contribution in [2.75, 3.05) is 18.9 Å². The lowest BCUT2D eigenvalue weighted by molar-refractivity contribution is -0.116. The second kappa shape index (κ2) is 8.31. The fourth-order valence-corrected chi connectivity index (χ4v) is 3.35. The lowest BCUT2D eigenvalue weighted by Gasteiger charge is -2.17. The molecule has 0 radical (unpaired) electrons. The number of hydrogen-bond donors (Lipinski definition) is 2. The van der Waals surface area contributed by atoms with E-state index in [1.54, 1.807) is 13.1 Å². The summed E-state index contributed by atoms with van der Waals surface area (Å²) in [4.78, 5) is 26.5. The molecule has 2 N–H and O–H groups in total. The van der Waals surface area contributed by atoms with Gasteiger partial charge in [-0.25, -0.2) is 0 Å². The zero-order valence-electron chi connectivity index (χ0n) is 17.5. The zero-order chi connectivity index (χ0) is 21.1. The van der Waals surface area contributed by atoms with Gasteiger partial charge in [-0.3, -0.25) is 14.7 Å². The number of aryl methyl sites for hydroxylation is 4. The van der Waals surface area contributed by atoms with Gasteiger partial charge in [0.1, 0.15) is 5.69 Å². The van der Waals surface area contributed by atoms with Crippen LogP contribution in [0, 0.1) is 27.7 Å². The van der Waals surface area contributed by atoms with Crippen molar-refractivity contribution >= 4 is 17.5 Å². The van der Waals surface area contributed by atoms with Gasteiger partial charge in [0, 0.05) is 18.3 Å². The van der Waals surface area contributed by atoms with Crippen LogP contribution in [0.5, 0.6) is 0 Å². The fourth-order valence-electron chi connectivity index (χ4n) is 3.35. The van der Waals surface area contributed by atoms with Crippen LogP contribution in [0.1, 0.15) is 32.7 Å². The Morgan fingerprint density at radius 1 is 0.966 bits per heavy atom. The Morgan fingerprint density at radius 3 is 2.21 bits per heavy atom. The van der Waals surface area contributed by atoms with Crippen molar-refractivity contribution in [2.45, 2.75) is 27.7 Å². The summed E-state index contributed by atoms with van der Waals surface area (Å²) in [5.41, 5.74) is 7.07. The lowest BCUT2D eigenvalue weighted by Crippen LogP contribution is -2.35. The molecule has 6 nitrogen and oxygen atoms in total. The third-order valence-electron chi connectivity index (χ3n) is 4.82. The maximum Gasteiger partial charge on any atom is 0.272 e. The molecule has 0 aliphatic carbocycles. The van der Waals surface area contributed by atoms with E-state index in [2.05, 4.69) is 15.5 Å². The predicted octanol–water partition coefficient (Wildman–Crippen LogP) is 4.02. The number of nitrogens with one attached hydrogen (secondary N) is 2. The molecule has 150 valence electrons. The van der Waals surface area contributed by atoms with Crippen LogP contribution in [0.2, 0.25) is 0 Å². The predicted molar refractivity (Wildman–Crippen MR) is 115 cm³/mol. The second-order valence-corrected chi connectivity index (χ2v) is 7.52. The average Bonchev–Trinajstić information content (AvgIpc) is 3.14. The number of likely N-dealkylation sites (N-methyl/N-ethyl adjacent to an activating group) is 1. The van der Waals surface area contributed by atoms with Crippen LogP contribution in [-0.2, 0) is 4.79 Å². The highest BCUT2D eigenvalue weighted by Gasteiger charge is 2.18. The van der Waals surface area contributed by atoms with E-state index in [9.17, 15) is 9.59 Å². The molecule has 1 aromatic heterocycles. The Morgan fingerprint density at radius 2 is 1.59 bits per heavy atom. The number of amides is 2. The minimum Gasteiger partial charge on any atom is -0.331 e. The summed E-state index contributed by atoms with van der Waals surface area (Å²) in [6.07, 6.45) is 0. The number of carbonyl (C=O) groups is 2. The van der Waals surface area contributed by atoms with E-state index in [0.29, 0.717) is 11.4 Å². The summed E-state index contributed by atoms with van der Waals surface area (Å²) in [5.74, 6) is -0.530. The Kier molecular flexibility index (Phi) is 5.82. The van der Waals surface area contributed by atoms with Crippen molar-refractivity contribution in [3.05, 3.63) is 70.4 Å². The largest absolute Gasteiger partial charge is 0.331 e. The highest BCUT2D eigenvalue weighted by molar-refractivity contribution is 5.99. The molecule has 0 fully saturated rings. The topological polar surface area (TPSA) is 78.1 Å². The molecule has 0 aliphatic heterocycles. The van der Waals surface area contributed by atoms with Crippen LogP contribution >= 0.6 is 0 Å². The van der Waals surface area contributed by atoms with Crippen molar-refractivity contribution < 1.29 is 9.59 Å². The van der Waals surface area contributed by atoms with Gasteiger partial charge < -0.3 is 10.2 Å². The van der Waals surface area contributed by atoms with Gasteiger partial charge in [-0.05, 0) is 44.9 Å². The third kappa shape index (κ3) is 4.71. The summed E-state index contributed by atoms with van der Waals surface area (Å²) in [6, 6.07) is 13.7. The monoisotopic (exact) mass is 390 g/mol. The summed E-state index contributed by atoms with van der Waals surface area (Å²) in [6.45, 7) is 7.91. The molecule has 0 atom stereocenters. The molecular weight excluding hydrogens is 364 g/mol. The number of rotatable bonds is 5. The number of nitrogens with zero attached hydrogens (tertiary/aromatic N) is 2. The molecule has 1 heterocycles. The number of benzene rings is 2. The summed E-state index contributed by atoms with van der Waals surface area (Å²) >= 11 is 0. The third-order valence-corrected chi connectivity index (χ3v) is 4.82. The molecule has 0 spiro atoms. The first-order valence-electron chi connectivity index (χ1n) is 9.50. The van der Waals surface area contributed by atoms with E-state index in [0.717, 1.165) is 33.5 Å². The van der Waals surface area contributed by atoms with Gasteiger partial charge in [0.05, 0.1) is 12.2 Å². The first-order valence-corrected chi connectivity index (χ1v) is 9.50. The molecule has 3 aromatic rings. The quantitative estimate of drug-likeness (QED) is 0.691. The van der Waals surface area contributed by atoms with Crippen LogP contribution in [-0.4, -0.2) is 40.5 Å². The van der Waals surface area contributed by atoms with Gasteiger partial charge in [0.25, 0.3) is 5.91 Å². The first-order chi connectivity index (χ1) is 13.7. The van der Waals surface area contributed by atoms with Crippen molar-refractivity contribution in [3.8, 4) is 11.3 Å². The second-order valence-electron chi connectivity index (χ2n) is 7.52. The highest BCUT2D eigenvalue weighted by atomic mass is 16.2. The number of carbonyl (C=O) groups excluding carboxylic acids is 2. The van der Waals surface area contributed by atoms with Gasteiger partial charge in [0.15, 0.2) is 0 Å². The summed E-state index contributed by atoms with van der Waals surface area (Å²) in [7, 11) is 1.60. The van der Waals surface area contributed by atoms with Crippen molar-refractivity contribution in [3.63, 3.8) is 0 Å². The molecule has 0 saturated carbocycles. The minimum atomic E-state index is -0.289.